The lowest BCUT2D eigenvalue weighted by Gasteiger charge is -2.35. The number of nitrogens with zero attached hydrogens (tertiary/aromatic N) is 4. The van der Waals surface area contributed by atoms with Gasteiger partial charge in [-0.25, -0.2) is 19.2 Å². The normalized spacial score (nSPS) is 15.9. The summed E-state index contributed by atoms with van der Waals surface area (Å²) in [7, 11) is 0. The zero-order valence-corrected chi connectivity index (χ0v) is 30.6. The van der Waals surface area contributed by atoms with E-state index in [1.807, 2.05) is 71.9 Å². The van der Waals surface area contributed by atoms with Gasteiger partial charge in [0.05, 0.1) is 0 Å². The van der Waals surface area contributed by atoms with Crippen LogP contribution in [0.25, 0.3) is 0 Å². The largest absolute Gasteiger partial charge is 0.445 e. The van der Waals surface area contributed by atoms with E-state index in [1.54, 1.807) is 30.6 Å². The third kappa shape index (κ3) is 17.4. The van der Waals surface area contributed by atoms with Crippen LogP contribution in [0.3, 0.4) is 0 Å². The molecule has 13 heteroatoms. The van der Waals surface area contributed by atoms with E-state index < -0.39 is 41.2 Å². The van der Waals surface area contributed by atoms with E-state index >= 15 is 0 Å². The van der Waals surface area contributed by atoms with E-state index in [9.17, 15) is 19.2 Å². The van der Waals surface area contributed by atoms with Gasteiger partial charge >= 0.3 is 24.4 Å². The average Bonchev–Trinajstić information content (AvgIpc) is 2.94. The zero-order valence-electron chi connectivity index (χ0n) is 30.6. The highest BCUT2D eigenvalue weighted by Crippen LogP contribution is 2.15. The highest BCUT2D eigenvalue weighted by molar-refractivity contribution is 5.70. The summed E-state index contributed by atoms with van der Waals surface area (Å²) in [6.45, 7) is 20.2. The quantitative estimate of drug-likeness (QED) is 0.285. The molecular weight excluding hydrogens is 618 g/mol. The van der Waals surface area contributed by atoms with Crippen molar-refractivity contribution in [1.29, 1.82) is 0 Å². The Morgan fingerprint density at radius 3 is 1.40 bits per heavy atom. The second-order valence-electron chi connectivity index (χ2n) is 14.9. The Bertz CT molecular complexity index is 1120. The number of ether oxygens (including phenoxy) is 4. The molecule has 0 saturated carbocycles. The summed E-state index contributed by atoms with van der Waals surface area (Å²) in [5.74, 6) is 0. The van der Waals surface area contributed by atoms with Crippen molar-refractivity contribution in [2.24, 2.45) is 0 Å². The first-order valence-electron chi connectivity index (χ1n) is 16.9. The highest BCUT2D eigenvalue weighted by atomic mass is 16.6. The van der Waals surface area contributed by atoms with Gasteiger partial charge in [-0.05, 0) is 87.3 Å². The van der Waals surface area contributed by atoms with Crippen LogP contribution in [0.15, 0.2) is 30.3 Å². The average molecular weight is 678 g/mol. The van der Waals surface area contributed by atoms with E-state index in [2.05, 4.69) is 10.2 Å². The van der Waals surface area contributed by atoms with Crippen LogP contribution in [0.4, 0.5) is 19.2 Å². The summed E-state index contributed by atoms with van der Waals surface area (Å²) in [5.41, 5.74) is -1.17. The molecule has 1 aliphatic rings. The molecule has 1 heterocycles. The maximum Gasteiger partial charge on any atom is 0.410 e. The minimum absolute atomic E-state index is 0.197. The molecule has 0 bridgehead atoms. The van der Waals surface area contributed by atoms with Crippen molar-refractivity contribution in [3.8, 4) is 0 Å². The highest BCUT2D eigenvalue weighted by Gasteiger charge is 2.29. The first-order valence-corrected chi connectivity index (χ1v) is 16.9. The molecule has 48 heavy (non-hydrogen) atoms. The number of nitrogens with one attached hydrogen (secondary N) is 1. The van der Waals surface area contributed by atoms with Crippen LogP contribution >= 0.6 is 0 Å². The van der Waals surface area contributed by atoms with E-state index in [0.29, 0.717) is 45.7 Å². The lowest BCUT2D eigenvalue weighted by atomic mass is 10.2. The molecule has 1 aromatic rings. The topological polar surface area (TPSA) is 130 Å². The predicted molar refractivity (Wildman–Crippen MR) is 184 cm³/mol. The second kappa shape index (κ2) is 18.7. The standard InChI is InChI=1S/C35H59N5O8/c1-33(2,3)46-30(42)38-21-19-37(18-14-13-17-36-29(41)45-27-28-15-11-10-12-16-28)20-22-39(31(43)47-34(4,5)6)24-26-40(25-23-38)32(44)48-35(7,8)9/h10-12,15-16H,13-14,17-27H2,1-9H3,(H,36,41). The SMILES string of the molecule is CC(C)(C)OC(=O)N1CCN(CCCCNC(=O)OCc2ccccc2)CCN(C(=O)OC(C)(C)C)CCN(C(=O)OC(C)(C)C)CC1. The van der Waals surface area contributed by atoms with Crippen molar-refractivity contribution in [3.05, 3.63) is 35.9 Å². The minimum atomic E-state index is -0.713. The number of alkyl carbamates (subject to hydrolysis) is 1. The van der Waals surface area contributed by atoms with Gasteiger partial charge in [0, 0.05) is 58.9 Å². The Morgan fingerprint density at radius 2 is 1.00 bits per heavy atom. The van der Waals surface area contributed by atoms with Crippen molar-refractivity contribution in [2.45, 2.75) is 98.6 Å². The Labute approximate surface area is 287 Å². The number of carbonyl (C=O) groups is 4. The molecule has 1 aromatic carbocycles. The van der Waals surface area contributed by atoms with E-state index in [0.717, 1.165) is 12.0 Å². The second-order valence-corrected chi connectivity index (χ2v) is 14.9. The molecule has 2 rings (SSSR count). The molecule has 4 amide bonds. The Morgan fingerprint density at radius 1 is 0.604 bits per heavy atom. The number of carbonyl (C=O) groups excluding carboxylic acids is 4. The summed E-state index contributed by atoms with van der Waals surface area (Å²) in [6, 6.07) is 9.50. The van der Waals surface area contributed by atoms with Gasteiger partial charge in [0.2, 0.25) is 0 Å². The molecule has 0 spiro atoms. The smallest absolute Gasteiger partial charge is 0.410 e. The van der Waals surface area contributed by atoms with E-state index in [1.165, 1.54) is 4.90 Å². The van der Waals surface area contributed by atoms with Crippen molar-refractivity contribution in [2.75, 3.05) is 65.4 Å². The van der Waals surface area contributed by atoms with E-state index in [4.69, 9.17) is 18.9 Å². The first kappa shape index (κ1) is 40.4. The van der Waals surface area contributed by atoms with Crippen molar-refractivity contribution in [1.82, 2.24) is 24.9 Å². The van der Waals surface area contributed by atoms with Gasteiger partial charge in [-0.15, -0.1) is 0 Å². The van der Waals surface area contributed by atoms with Gasteiger partial charge in [-0.2, -0.15) is 0 Å². The van der Waals surface area contributed by atoms with Crippen molar-refractivity contribution >= 4 is 24.4 Å². The molecular formula is C35H59N5O8. The van der Waals surface area contributed by atoms with Gasteiger partial charge in [-0.1, -0.05) is 30.3 Å². The Kier molecular flexibility index (Phi) is 15.8. The first-order chi connectivity index (χ1) is 22.3. The van der Waals surface area contributed by atoms with E-state index in [-0.39, 0.29) is 32.8 Å². The fourth-order valence-electron chi connectivity index (χ4n) is 4.63. The molecule has 0 aliphatic carbocycles. The molecule has 1 N–H and O–H groups in total. The third-order valence-corrected chi connectivity index (χ3v) is 6.99. The molecule has 1 saturated heterocycles. The molecule has 0 aromatic heterocycles. The summed E-state index contributed by atoms with van der Waals surface area (Å²) in [5, 5.41) is 2.80. The monoisotopic (exact) mass is 677 g/mol. The number of hydrogen-bond acceptors (Lipinski definition) is 9. The maximum atomic E-state index is 13.3. The van der Waals surface area contributed by atoms with Crippen LogP contribution in [0, 0.1) is 0 Å². The summed E-state index contributed by atoms with van der Waals surface area (Å²) in [4.78, 5) is 58.8. The summed E-state index contributed by atoms with van der Waals surface area (Å²) < 4.78 is 22.4. The fourth-order valence-corrected chi connectivity index (χ4v) is 4.63. The zero-order chi connectivity index (χ0) is 36.0. The number of rotatable bonds is 7. The molecule has 13 nitrogen and oxygen atoms in total. The summed E-state index contributed by atoms with van der Waals surface area (Å²) in [6.07, 6.45) is -0.425. The van der Waals surface area contributed by atoms with Crippen LogP contribution in [0.2, 0.25) is 0 Å². The van der Waals surface area contributed by atoms with Crippen LogP contribution in [-0.2, 0) is 25.6 Å². The Hall–Kier alpha value is -3.74. The fraction of sp³-hybridized carbons (Fsp3) is 0.714. The van der Waals surface area contributed by atoms with Crippen molar-refractivity contribution in [3.63, 3.8) is 0 Å². The molecule has 272 valence electrons. The van der Waals surface area contributed by atoms with Gasteiger partial charge < -0.3 is 39.0 Å². The maximum absolute atomic E-state index is 13.3. The molecule has 0 atom stereocenters. The molecule has 0 unspecified atom stereocenters. The van der Waals surface area contributed by atoms with Gasteiger partial charge in [-0.3, -0.25) is 4.90 Å². The minimum Gasteiger partial charge on any atom is -0.445 e. The molecule has 0 radical (unpaired) electrons. The lowest BCUT2D eigenvalue weighted by molar-refractivity contribution is 0.00468. The molecule has 1 aliphatic heterocycles. The number of unbranched alkanes of at least 4 members (excludes halogenated alkanes) is 1. The van der Waals surface area contributed by atoms with Gasteiger partial charge in [0.25, 0.3) is 0 Å². The number of amides is 4. The lowest BCUT2D eigenvalue weighted by Crippen LogP contribution is -2.51. The third-order valence-electron chi connectivity index (χ3n) is 6.99. The number of hydrogen-bond donors (Lipinski definition) is 1. The van der Waals surface area contributed by atoms with Gasteiger partial charge in [0.1, 0.15) is 23.4 Å². The molecule has 1 fully saturated rings. The van der Waals surface area contributed by atoms with Crippen LogP contribution in [0.1, 0.15) is 80.7 Å². The van der Waals surface area contributed by atoms with Gasteiger partial charge in [0.15, 0.2) is 0 Å². The van der Waals surface area contributed by atoms with Crippen LogP contribution < -0.4 is 5.32 Å². The number of benzene rings is 1. The Balaban J connectivity index is 2.12. The van der Waals surface area contributed by atoms with Crippen molar-refractivity contribution < 1.29 is 38.1 Å². The summed E-state index contributed by atoms with van der Waals surface area (Å²) >= 11 is 0. The van der Waals surface area contributed by atoms with Crippen LogP contribution in [0.5, 0.6) is 0 Å². The predicted octanol–water partition coefficient (Wildman–Crippen LogP) is 5.72. The van der Waals surface area contributed by atoms with Crippen LogP contribution in [-0.4, -0.2) is 126 Å².